The first-order valence-corrected chi connectivity index (χ1v) is 8.72. The standard InChI is InChI=1S/C17H27N3O/c1-2-6-17(5-1)7-9-20(10-8-17)13-16-11-15(19-21-16)12-18-14-3-4-14/h11,14,18H,1-10,12-13H2. The van der Waals surface area contributed by atoms with E-state index < -0.39 is 0 Å². The van der Waals surface area contributed by atoms with Gasteiger partial charge in [0.05, 0.1) is 12.2 Å². The molecule has 4 rings (SSSR count). The lowest BCUT2D eigenvalue weighted by molar-refractivity contribution is 0.0963. The van der Waals surface area contributed by atoms with E-state index >= 15 is 0 Å². The van der Waals surface area contributed by atoms with Gasteiger partial charge in [-0.2, -0.15) is 0 Å². The highest BCUT2D eigenvalue weighted by Crippen LogP contribution is 2.46. The molecule has 1 saturated heterocycles. The van der Waals surface area contributed by atoms with Crippen LogP contribution in [0.4, 0.5) is 0 Å². The van der Waals surface area contributed by atoms with Gasteiger partial charge in [-0.15, -0.1) is 0 Å². The number of rotatable bonds is 5. The van der Waals surface area contributed by atoms with Crippen molar-refractivity contribution in [3.05, 3.63) is 17.5 Å². The molecule has 1 N–H and O–H groups in total. The van der Waals surface area contributed by atoms with Gasteiger partial charge in [0.1, 0.15) is 0 Å². The fraction of sp³-hybridized carbons (Fsp3) is 0.824. The highest BCUT2D eigenvalue weighted by atomic mass is 16.5. The van der Waals surface area contributed by atoms with Crippen molar-refractivity contribution in [3.63, 3.8) is 0 Å². The van der Waals surface area contributed by atoms with Crippen LogP contribution in [0.1, 0.15) is 62.8 Å². The Morgan fingerprint density at radius 3 is 2.67 bits per heavy atom. The summed E-state index contributed by atoms with van der Waals surface area (Å²) < 4.78 is 5.51. The second kappa shape index (κ2) is 5.73. The molecule has 3 aliphatic rings. The van der Waals surface area contributed by atoms with Crippen LogP contribution in [0.25, 0.3) is 0 Å². The van der Waals surface area contributed by atoms with Crippen molar-refractivity contribution in [2.75, 3.05) is 13.1 Å². The van der Waals surface area contributed by atoms with Crippen LogP contribution in [0.5, 0.6) is 0 Å². The normalized spacial score (nSPS) is 25.7. The van der Waals surface area contributed by atoms with Gasteiger partial charge in [-0.05, 0) is 57.0 Å². The van der Waals surface area contributed by atoms with Gasteiger partial charge in [-0.1, -0.05) is 18.0 Å². The molecule has 2 heterocycles. The molecule has 2 saturated carbocycles. The maximum atomic E-state index is 5.51. The summed E-state index contributed by atoms with van der Waals surface area (Å²) in [6.45, 7) is 4.26. The zero-order valence-corrected chi connectivity index (χ0v) is 12.9. The first kappa shape index (κ1) is 13.8. The number of nitrogens with zero attached hydrogens (tertiary/aromatic N) is 2. The Bertz CT molecular complexity index is 464. The van der Waals surface area contributed by atoms with Crippen molar-refractivity contribution in [1.29, 1.82) is 0 Å². The average molecular weight is 289 g/mol. The lowest BCUT2D eigenvalue weighted by atomic mass is 9.77. The summed E-state index contributed by atoms with van der Waals surface area (Å²) in [5, 5.41) is 7.67. The summed E-state index contributed by atoms with van der Waals surface area (Å²) in [6.07, 6.45) is 11.3. The predicted molar refractivity (Wildman–Crippen MR) is 81.8 cm³/mol. The fourth-order valence-electron chi connectivity index (χ4n) is 4.08. The van der Waals surface area contributed by atoms with Crippen LogP contribution in [-0.2, 0) is 13.1 Å². The molecule has 0 unspecified atom stereocenters. The van der Waals surface area contributed by atoms with Gasteiger partial charge in [-0.25, -0.2) is 0 Å². The van der Waals surface area contributed by atoms with E-state index in [0.717, 1.165) is 30.6 Å². The molecule has 1 aromatic rings. The molecular weight excluding hydrogens is 262 g/mol. The van der Waals surface area contributed by atoms with E-state index in [4.69, 9.17) is 4.52 Å². The largest absolute Gasteiger partial charge is 0.360 e. The molecule has 2 aliphatic carbocycles. The van der Waals surface area contributed by atoms with Crippen LogP contribution in [0.15, 0.2) is 10.6 Å². The van der Waals surface area contributed by atoms with Crippen LogP contribution in [0, 0.1) is 5.41 Å². The Hall–Kier alpha value is -0.870. The Labute approximate surface area is 127 Å². The average Bonchev–Trinajstić information content (AvgIpc) is 3.05. The molecular formula is C17H27N3O. The minimum atomic E-state index is 0.706. The van der Waals surface area contributed by atoms with E-state index in [1.165, 1.54) is 64.5 Å². The molecule has 1 spiro atoms. The molecule has 0 aromatic carbocycles. The number of hydrogen-bond acceptors (Lipinski definition) is 4. The van der Waals surface area contributed by atoms with Crippen molar-refractivity contribution in [2.45, 2.75) is 70.5 Å². The van der Waals surface area contributed by atoms with Gasteiger partial charge in [0.25, 0.3) is 0 Å². The van der Waals surface area contributed by atoms with Gasteiger partial charge in [0.15, 0.2) is 5.76 Å². The molecule has 3 fully saturated rings. The topological polar surface area (TPSA) is 41.3 Å². The second-order valence-electron chi connectivity index (χ2n) is 7.42. The lowest BCUT2D eigenvalue weighted by Gasteiger charge is -2.39. The third kappa shape index (κ3) is 3.32. The predicted octanol–water partition coefficient (Wildman–Crippen LogP) is 3.08. The molecule has 1 aliphatic heterocycles. The molecule has 0 radical (unpaired) electrons. The van der Waals surface area contributed by atoms with Crippen molar-refractivity contribution < 1.29 is 4.52 Å². The third-order valence-electron chi connectivity index (χ3n) is 5.72. The molecule has 0 amide bonds. The Kier molecular flexibility index (Phi) is 3.76. The molecule has 4 heteroatoms. The zero-order chi connectivity index (χ0) is 14.1. The highest BCUT2D eigenvalue weighted by Gasteiger charge is 2.36. The van der Waals surface area contributed by atoms with E-state index in [1.54, 1.807) is 0 Å². The van der Waals surface area contributed by atoms with Crippen LogP contribution >= 0.6 is 0 Å². The van der Waals surface area contributed by atoms with Gasteiger partial charge < -0.3 is 9.84 Å². The maximum absolute atomic E-state index is 5.51. The summed E-state index contributed by atoms with van der Waals surface area (Å²) in [5.74, 6) is 1.03. The van der Waals surface area contributed by atoms with E-state index in [2.05, 4.69) is 21.4 Å². The summed E-state index contributed by atoms with van der Waals surface area (Å²) in [5.41, 5.74) is 1.76. The lowest BCUT2D eigenvalue weighted by Crippen LogP contribution is -2.38. The van der Waals surface area contributed by atoms with Crippen molar-refractivity contribution in [1.82, 2.24) is 15.4 Å². The Morgan fingerprint density at radius 1 is 1.19 bits per heavy atom. The van der Waals surface area contributed by atoms with Crippen LogP contribution in [0.3, 0.4) is 0 Å². The van der Waals surface area contributed by atoms with E-state index in [0.29, 0.717) is 5.41 Å². The molecule has 0 atom stereocenters. The van der Waals surface area contributed by atoms with Crippen molar-refractivity contribution in [3.8, 4) is 0 Å². The van der Waals surface area contributed by atoms with Crippen LogP contribution in [0.2, 0.25) is 0 Å². The molecule has 1 aromatic heterocycles. The summed E-state index contributed by atoms with van der Waals surface area (Å²) >= 11 is 0. The van der Waals surface area contributed by atoms with Gasteiger partial charge in [-0.3, -0.25) is 4.90 Å². The van der Waals surface area contributed by atoms with Crippen molar-refractivity contribution >= 4 is 0 Å². The van der Waals surface area contributed by atoms with Gasteiger partial charge in [0.2, 0.25) is 0 Å². The maximum Gasteiger partial charge on any atom is 0.151 e. The summed E-state index contributed by atoms with van der Waals surface area (Å²) in [7, 11) is 0. The Morgan fingerprint density at radius 2 is 1.95 bits per heavy atom. The number of likely N-dealkylation sites (tertiary alicyclic amines) is 1. The number of hydrogen-bond donors (Lipinski definition) is 1. The SMILES string of the molecule is c1c(CNC2CC2)noc1CN1CCC2(CCCC2)CC1. The number of nitrogens with one attached hydrogen (secondary N) is 1. The van der Waals surface area contributed by atoms with Gasteiger partial charge in [0, 0.05) is 18.7 Å². The van der Waals surface area contributed by atoms with Crippen molar-refractivity contribution in [2.24, 2.45) is 5.41 Å². The zero-order valence-electron chi connectivity index (χ0n) is 12.9. The summed E-state index contributed by atoms with van der Waals surface area (Å²) in [4.78, 5) is 2.54. The molecule has 21 heavy (non-hydrogen) atoms. The highest BCUT2D eigenvalue weighted by molar-refractivity contribution is 5.06. The third-order valence-corrected chi connectivity index (χ3v) is 5.72. The first-order valence-electron chi connectivity index (χ1n) is 8.72. The smallest absolute Gasteiger partial charge is 0.151 e. The molecule has 4 nitrogen and oxygen atoms in total. The van der Waals surface area contributed by atoms with Gasteiger partial charge >= 0.3 is 0 Å². The molecule has 116 valence electrons. The van der Waals surface area contributed by atoms with Crippen LogP contribution in [-0.4, -0.2) is 29.2 Å². The number of piperidine rings is 1. The monoisotopic (exact) mass is 289 g/mol. The Balaban J connectivity index is 1.26. The second-order valence-corrected chi connectivity index (χ2v) is 7.42. The first-order chi connectivity index (χ1) is 10.3. The minimum Gasteiger partial charge on any atom is -0.360 e. The number of aromatic nitrogens is 1. The fourth-order valence-corrected chi connectivity index (χ4v) is 4.08. The van der Waals surface area contributed by atoms with E-state index in [1.807, 2.05) is 0 Å². The van der Waals surface area contributed by atoms with E-state index in [-0.39, 0.29) is 0 Å². The minimum absolute atomic E-state index is 0.706. The van der Waals surface area contributed by atoms with E-state index in [9.17, 15) is 0 Å². The quantitative estimate of drug-likeness (QED) is 0.904. The van der Waals surface area contributed by atoms with Crippen LogP contribution < -0.4 is 5.32 Å². The summed E-state index contributed by atoms with van der Waals surface area (Å²) in [6, 6.07) is 2.87. The molecule has 0 bridgehead atoms.